The van der Waals surface area contributed by atoms with E-state index in [4.69, 9.17) is 5.11 Å². The summed E-state index contributed by atoms with van der Waals surface area (Å²) in [6.45, 7) is 5.25. The molecule has 0 aliphatic carbocycles. The van der Waals surface area contributed by atoms with Crippen LogP contribution in [0.3, 0.4) is 0 Å². The summed E-state index contributed by atoms with van der Waals surface area (Å²) in [5, 5.41) is 13.5. The fraction of sp³-hybridized carbons (Fsp3) is 0.357. The molecule has 0 spiro atoms. The molecule has 1 atom stereocenters. The van der Waals surface area contributed by atoms with Crippen molar-refractivity contribution in [1.29, 1.82) is 0 Å². The van der Waals surface area contributed by atoms with Crippen molar-refractivity contribution in [3.8, 4) is 0 Å². The van der Waals surface area contributed by atoms with Crippen molar-refractivity contribution >= 4 is 23.5 Å². The standard InChI is InChI=1S/C14H18N2O4/c1-8(2)10-4-6-11(7-5-10)16-13(18)12(14(19)20)15-9(3)17/h4-8,12H,1-3H3,(H,15,17)(H,16,18)(H,19,20)/t12-/m1/s1. The molecule has 3 N–H and O–H groups in total. The zero-order chi connectivity index (χ0) is 15.3. The Kier molecular flexibility index (Phi) is 5.25. The fourth-order valence-electron chi connectivity index (χ4n) is 1.61. The van der Waals surface area contributed by atoms with Crippen molar-refractivity contribution in [2.24, 2.45) is 0 Å². The predicted octanol–water partition coefficient (Wildman–Crippen LogP) is 1.34. The number of rotatable bonds is 5. The summed E-state index contributed by atoms with van der Waals surface area (Å²) in [4.78, 5) is 33.6. The van der Waals surface area contributed by atoms with E-state index in [0.717, 1.165) is 12.5 Å². The molecule has 0 aliphatic rings. The maximum absolute atomic E-state index is 11.8. The van der Waals surface area contributed by atoms with Gasteiger partial charge in [0, 0.05) is 12.6 Å². The molecule has 6 heteroatoms. The first kappa shape index (κ1) is 15.7. The first-order chi connectivity index (χ1) is 9.31. The van der Waals surface area contributed by atoms with Crippen LogP contribution in [0.2, 0.25) is 0 Å². The summed E-state index contributed by atoms with van der Waals surface area (Å²) in [6, 6.07) is 5.50. The smallest absolute Gasteiger partial charge is 0.336 e. The van der Waals surface area contributed by atoms with E-state index in [-0.39, 0.29) is 0 Å². The molecule has 0 saturated heterocycles. The van der Waals surface area contributed by atoms with Crippen LogP contribution in [0.5, 0.6) is 0 Å². The molecule has 0 aliphatic heterocycles. The van der Waals surface area contributed by atoms with Crippen molar-refractivity contribution in [3.05, 3.63) is 29.8 Å². The predicted molar refractivity (Wildman–Crippen MR) is 74.4 cm³/mol. The van der Waals surface area contributed by atoms with Crippen LogP contribution in [0.1, 0.15) is 32.3 Å². The van der Waals surface area contributed by atoms with Gasteiger partial charge in [0.2, 0.25) is 11.9 Å². The highest BCUT2D eigenvalue weighted by atomic mass is 16.4. The van der Waals surface area contributed by atoms with Gasteiger partial charge in [-0.15, -0.1) is 0 Å². The summed E-state index contributed by atoms with van der Waals surface area (Å²) in [5.74, 6) is -2.41. The number of carbonyl (C=O) groups is 3. The maximum atomic E-state index is 11.8. The van der Waals surface area contributed by atoms with E-state index >= 15 is 0 Å². The van der Waals surface area contributed by atoms with E-state index in [0.29, 0.717) is 11.6 Å². The summed E-state index contributed by atoms with van der Waals surface area (Å²) in [6.07, 6.45) is 0. The molecule has 0 radical (unpaired) electrons. The van der Waals surface area contributed by atoms with Gasteiger partial charge in [0.05, 0.1) is 0 Å². The molecule has 20 heavy (non-hydrogen) atoms. The summed E-state index contributed by atoms with van der Waals surface area (Å²) in [5.41, 5.74) is 1.59. The van der Waals surface area contributed by atoms with E-state index < -0.39 is 23.8 Å². The normalized spacial score (nSPS) is 11.8. The topological polar surface area (TPSA) is 95.5 Å². The van der Waals surface area contributed by atoms with Gasteiger partial charge in [-0.05, 0) is 23.6 Å². The van der Waals surface area contributed by atoms with Gasteiger partial charge in [-0.25, -0.2) is 4.79 Å². The summed E-state index contributed by atoms with van der Waals surface area (Å²) in [7, 11) is 0. The Balaban J connectivity index is 2.77. The fourth-order valence-corrected chi connectivity index (χ4v) is 1.61. The SMILES string of the molecule is CC(=O)N[C@@H](C(=O)O)C(=O)Nc1ccc(C(C)C)cc1. The largest absolute Gasteiger partial charge is 0.479 e. The first-order valence-corrected chi connectivity index (χ1v) is 6.22. The number of carboxylic acids is 1. The van der Waals surface area contributed by atoms with Crippen LogP contribution in [0.4, 0.5) is 5.69 Å². The van der Waals surface area contributed by atoms with Gasteiger partial charge >= 0.3 is 5.97 Å². The average Bonchev–Trinajstić information content (AvgIpc) is 2.35. The number of amides is 2. The second-order valence-electron chi connectivity index (χ2n) is 4.74. The van der Waals surface area contributed by atoms with Crippen LogP contribution in [-0.2, 0) is 14.4 Å². The highest BCUT2D eigenvalue weighted by Crippen LogP contribution is 2.17. The number of anilines is 1. The van der Waals surface area contributed by atoms with Crippen LogP contribution in [0.15, 0.2) is 24.3 Å². The Hall–Kier alpha value is -2.37. The zero-order valence-electron chi connectivity index (χ0n) is 11.6. The van der Waals surface area contributed by atoms with Crippen LogP contribution in [-0.4, -0.2) is 28.9 Å². The van der Waals surface area contributed by atoms with Crippen molar-refractivity contribution in [2.45, 2.75) is 32.7 Å². The summed E-state index contributed by atoms with van der Waals surface area (Å²) < 4.78 is 0. The summed E-state index contributed by atoms with van der Waals surface area (Å²) >= 11 is 0. The molecular weight excluding hydrogens is 260 g/mol. The van der Waals surface area contributed by atoms with E-state index in [2.05, 4.69) is 10.6 Å². The van der Waals surface area contributed by atoms with E-state index in [9.17, 15) is 14.4 Å². The van der Waals surface area contributed by atoms with Crippen LogP contribution in [0, 0.1) is 0 Å². The van der Waals surface area contributed by atoms with Gasteiger partial charge in [0.25, 0.3) is 5.91 Å². The zero-order valence-corrected chi connectivity index (χ0v) is 11.6. The molecule has 6 nitrogen and oxygen atoms in total. The lowest BCUT2D eigenvalue weighted by Crippen LogP contribution is -2.48. The Labute approximate surface area is 117 Å². The third-order valence-corrected chi connectivity index (χ3v) is 2.70. The van der Waals surface area contributed by atoms with Crippen LogP contribution < -0.4 is 10.6 Å². The Morgan fingerprint density at radius 3 is 2.05 bits per heavy atom. The third-order valence-electron chi connectivity index (χ3n) is 2.70. The lowest BCUT2D eigenvalue weighted by atomic mass is 10.0. The Morgan fingerprint density at radius 1 is 1.10 bits per heavy atom. The van der Waals surface area contributed by atoms with E-state index in [1.807, 2.05) is 26.0 Å². The van der Waals surface area contributed by atoms with Crippen molar-refractivity contribution in [3.63, 3.8) is 0 Å². The number of benzene rings is 1. The molecule has 0 unspecified atom stereocenters. The molecule has 0 bridgehead atoms. The molecule has 1 aromatic carbocycles. The second-order valence-corrected chi connectivity index (χ2v) is 4.74. The average molecular weight is 278 g/mol. The molecule has 2 amide bonds. The van der Waals surface area contributed by atoms with Gasteiger partial charge in [0.15, 0.2) is 0 Å². The van der Waals surface area contributed by atoms with E-state index in [1.165, 1.54) is 0 Å². The van der Waals surface area contributed by atoms with E-state index in [1.54, 1.807) is 12.1 Å². The lowest BCUT2D eigenvalue weighted by Gasteiger charge is -2.14. The van der Waals surface area contributed by atoms with Crippen molar-refractivity contribution in [1.82, 2.24) is 5.32 Å². The molecular formula is C14H18N2O4. The number of hydrogen-bond donors (Lipinski definition) is 3. The molecule has 0 fully saturated rings. The third kappa shape index (κ3) is 4.38. The lowest BCUT2D eigenvalue weighted by molar-refractivity contribution is -0.144. The number of carboxylic acid groups (broad SMARTS) is 1. The van der Waals surface area contributed by atoms with Crippen LogP contribution >= 0.6 is 0 Å². The molecule has 0 aromatic heterocycles. The minimum Gasteiger partial charge on any atom is -0.479 e. The molecule has 0 saturated carbocycles. The van der Waals surface area contributed by atoms with Gasteiger partial charge in [-0.3, -0.25) is 9.59 Å². The molecule has 1 rings (SSSR count). The number of carbonyl (C=O) groups excluding carboxylic acids is 2. The first-order valence-electron chi connectivity index (χ1n) is 6.22. The highest BCUT2D eigenvalue weighted by Gasteiger charge is 2.27. The maximum Gasteiger partial charge on any atom is 0.336 e. The van der Waals surface area contributed by atoms with Gasteiger partial charge in [-0.2, -0.15) is 0 Å². The second kappa shape index (κ2) is 6.70. The van der Waals surface area contributed by atoms with Gasteiger partial charge in [-0.1, -0.05) is 26.0 Å². The quantitative estimate of drug-likeness (QED) is 0.708. The van der Waals surface area contributed by atoms with Gasteiger partial charge in [0.1, 0.15) is 0 Å². The Bertz CT molecular complexity index is 508. The Morgan fingerprint density at radius 2 is 1.65 bits per heavy atom. The molecule has 1 aromatic rings. The van der Waals surface area contributed by atoms with Crippen LogP contribution in [0.25, 0.3) is 0 Å². The van der Waals surface area contributed by atoms with Crippen molar-refractivity contribution < 1.29 is 19.5 Å². The monoisotopic (exact) mass is 278 g/mol. The van der Waals surface area contributed by atoms with Crippen molar-refractivity contribution in [2.75, 3.05) is 5.32 Å². The number of nitrogens with one attached hydrogen (secondary N) is 2. The number of aliphatic carboxylic acids is 1. The minimum absolute atomic E-state index is 0.367. The number of hydrogen-bond acceptors (Lipinski definition) is 3. The molecule has 0 heterocycles. The minimum atomic E-state index is -1.60. The molecule has 108 valence electrons. The highest BCUT2D eigenvalue weighted by molar-refractivity contribution is 6.09. The van der Waals surface area contributed by atoms with Gasteiger partial charge < -0.3 is 15.7 Å².